The molecule has 3 N–H and O–H groups in total. The van der Waals surface area contributed by atoms with Gasteiger partial charge in [0.25, 0.3) is 0 Å². The molecule has 0 amide bonds. The van der Waals surface area contributed by atoms with Gasteiger partial charge < -0.3 is 10.8 Å². The van der Waals surface area contributed by atoms with Crippen molar-refractivity contribution in [3.63, 3.8) is 0 Å². The normalized spacial score (nSPS) is 11.3. The maximum Gasteiger partial charge on any atom is 0.320 e. The van der Waals surface area contributed by atoms with Crippen LogP contribution >= 0.6 is 12.4 Å². The van der Waals surface area contributed by atoms with Crippen molar-refractivity contribution >= 4 is 24.5 Å². The first-order chi connectivity index (χ1) is 6.63. The number of nitrogens with two attached hydrogens (primary N) is 1. The number of hydrogen-bond acceptors (Lipinski definition) is 2. The van der Waals surface area contributed by atoms with Crippen LogP contribution in [0.4, 0.5) is 0 Å². The summed E-state index contributed by atoms with van der Waals surface area (Å²) in [6.45, 7) is 3.64. The van der Waals surface area contributed by atoms with Gasteiger partial charge in [0.1, 0.15) is 6.04 Å². The largest absolute Gasteiger partial charge is 0.480 e. The molecule has 1 rings (SSSR count). The van der Waals surface area contributed by atoms with Crippen LogP contribution in [0.2, 0.25) is 0 Å². The number of hydrogen-bond donors (Lipinski definition) is 2. The van der Waals surface area contributed by atoms with E-state index in [1.54, 1.807) is 6.08 Å². The molecule has 0 aromatic heterocycles. The van der Waals surface area contributed by atoms with E-state index in [-0.39, 0.29) is 12.4 Å². The molecule has 0 saturated carbocycles. The number of halogens is 1. The third-order valence-corrected chi connectivity index (χ3v) is 1.96. The lowest BCUT2D eigenvalue weighted by Gasteiger charge is -2.06. The molecule has 0 bridgehead atoms. The second-order valence-corrected chi connectivity index (χ2v) is 3.10. The van der Waals surface area contributed by atoms with E-state index < -0.39 is 12.0 Å². The molecule has 0 aliphatic rings. The fourth-order valence-electron chi connectivity index (χ4n) is 1.19. The van der Waals surface area contributed by atoms with Crippen molar-refractivity contribution in [3.8, 4) is 0 Å². The zero-order chi connectivity index (χ0) is 10.6. The Bertz CT molecular complexity index is 352. The van der Waals surface area contributed by atoms with Crippen molar-refractivity contribution in [1.29, 1.82) is 0 Å². The molecule has 0 fully saturated rings. The standard InChI is InChI=1S/C11H13NO2.ClH/c1-2-8-4-3-5-9(6-8)7-10(12)11(13)14;/h2-6,10H,1,7,12H2,(H,13,14);1H. The minimum absolute atomic E-state index is 0. The van der Waals surface area contributed by atoms with Crippen molar-refractivity contribution in [3.05, 3.63) is 42.0 Å². The van der Waals surface area contributed by atoms with Gasteiger partial charge in [-0.1, -0.05) is 36.9 Å². The van der Waals surface area contributed by atoms with Gasteiger partial charge in [0, 0.05) is 0 Å². The molecule has 1 aromatic carbocycles. The van der Waals surface area contributed by atoms with Gasteiger partial charge in [-0.25, -0.2) is 0 Å². The second-order valence-electron chi connectivity index (χ2n) is 3.10. The fourth-order valence-corrected chi connectivity index (χ4v) is 1.19. The Hall–Kier alpha value is -1.32. The molecule has 0 spiro atoms. The smallest absolute Gasteiger partial charge is 0.320 e. The SMILES string of the molecule is C=Cc1cccc(CC(N)C(=O)O)c1.Cl. The molecule has 82 valence electrons. The number of aliphatic carboxylic acids is 1. The van der Waals surface area contributed by atoms with E-state index in [1.165, 1.54) is 0 Å². The molecule has 15 heavy (non-hydrogen) atoms. The summed E-state index contributed by atoms with van der Waals surface area (Å²) in [6, 6.07) is 6.67. The average molecular weight is 228 g/mol. The Labute approximate surface area is 95.0 Å². The lowest BCUT2D eigenvalue weighted by Crippen LogP contribution is -2.32. The summed E-state index contributed by atoms with van der Waals surface area (Å²) in [4.78, 5) is 10.5. The summed E-state index contributed by atoms with van der Waals surface area (Å²) < 4.78 is 0. The highest BCUT2D eigenvalue weighted by Crippen LogP contribution is 2.08. The minimum Gasteiger partial charge on any atom is -0.480 e. The quantitative estimate of drug-likeness (QED) is 0.823. The first-order valence-corrected chi connectivity index (χ1v) is 4.33. The van der Waals surface area contributed by atoms with E-state index in [0.29, 0.717) is 6.42 Å². The van der Waals surface area contributed by atoms with Gasteiger partial charge in [-0.2, -0.15) is 0 Å². The van der Waals surface area contributed by atoms with Gasteiger partial charge in [0.15, 0.2) is 0 Å². The first-order valence-electron chi connectivity index (χ1n) is 4.33. The van der Waals surface area contributed by atoms with Gasteiger partial charge in [-0.15, -0.1) is 12.4 Å². The monoisotopic (exact) mass is 227 g/mol. The van der Waals surface area contributed by atoms with Crippen LogP contribution in [-0.2, 0) is 11.2 Å². The maximum absolute atomic E-state index is 10.5. The number of benzene rings is 1. The molecule has 1 unspecified atom stereocenters. The van der Waals surface area contributed by atoms with Crippen molar-refractivity contribution in [2.45, 2.75) is 12.5 Å². The molecule has 1 atom stereocenters. The fraction of sp³-hybridized carbons (Fsp3) is 0.182. The molecule has 3 nitrogen and oxygen atoms in total. The molecule has 0 radical (unpaired) electrons. The van der Waals surface area contributed by atoms with Crippen LogP contribution in [0.5, 0.6) is 0 Å². The molecular weight excluding hydrogens is 214 g/mol. The Kier molecular flexibility index (Phi) is 5.67. The van der Waals surface area contributed by atoms with E-state index in [9.17, 15) is 4.79 Å². The summed E-state index contributed by atoms with van der Waals surface area (Å²) in [5.41, 5.74) is 7.30. The van der Waals surface area contributed by atoms with E-state index >= 15 is 0 Å². The topological polar surface area (TPSA) is 63.3 Å². The maximum atomic E-state index is 10.5. The lowest BCUT2D eigenvalue weighted by atomic mass is 10.0. The van der Waals surface area contributed by atoms with Crippen LogP contribution in [0, 0.1) is 0 Å². The predicted octanol–water partition coefficient (Wildman–Crippen LogP) is 1.71. The minimum atomic E-state index is -0.978. The molecule has 0 aliphatic heterocycles. The van der Waals surface area contributed by atoms with Crippen LogP contribution in [0.25, 0.3) is 6.08 Å². The van der Waals surface area contributed by atoms with E-state index in [4.69, 9.17) is 10.8 Å². The summed E-state index contributed by atoms with van der Waals surface area (Å²) in [7, 11) is 0. The Morgan fingerprint density at radius 1 is 1.60 bits per heavy atom. The Balaban J connectivity index is 0.00000196. The van der Waals surface area contributed by atoms with E-state index in [2.05, 4.69) is 6.58 Å². The summed E-state index contributed by atoms with van der Waals surface area (Å²) in [5.74, 6) is -0.978. The van der Waals surface area contributed by atoms with Crippen LogP contribution in [0.3, 0.4) is 0 Å². The number of carbonyl (C=O) groups is 1. The first kappa shape index (κ1) is 13.7. The van der Waals surface area contributed by atoms with Gasteiger partial charge in [-0.05, 0) is 17.5 Å². The number of carboxylic acid groups (broad SMARTS) is 1. The van der Waals surface area contributed by atoms with Crippen molar-refractivity contribution in [2.75, 3.05) is 0 Å². The van der Waals surface area contributed by atoms with Gasteiger partial charge >= 0.3 is 5.97 Å². The summed E-state index contributed by atoms with van der Waals surface area (Å²) in [5, 5.41) is 8.62. The molecule has 0 aliphatic carbocycles. The molecule has 0 saturated heterocycles. The van der Waals surface area contributed by atoms with Crippen molar-refractivity contribution in [1.82, 2.24) is 0 Å². The lowest BCUT2D eigenvalue weighted by molar-refractivity contribution is -0.138. The number of carboxylic acids is 1. The highest BCUT2D eigenvalue weighted by atomic mass is 35.5. The van der Waals surface area contributed by atoms with E-state index in [0.717, 1.165) is 11.1 Å². The van der Waals surface area contributed by atoms with Gasteiger partial charge in [0.2, 0.25) is 0 Å². The van der Waals surface area contributed by atoms with Crippen LogP contribution < -0.4 is 5.73 Å². The molecular formula is C11H14ClNO2. The molecule has 1 aromatic rings. The highest BCUT2D eigenvalue weighted by Gasteiger charge is 2.11. The predicted molar refractivity (Wildman–Crippen MR) is 63.1 cm³/mol. The van der Waals surface area contributed by atoms with Crippen LogP contribution in [0.15, 0.2) is 30.8 Å². The summed E-state index contributed by atoms with van der Waals surface area (Å²) >= 11 is 0. The van der Waals surface area contributed by atoms with E-state index in [1.807, 2.05) is 24.3 Å². The van der Waals surface area contributed by atoms with Gasteiger partial charge in [-0.3, -0.25) is 4.79 Å². The van der Waals surface area contributed by atoms with Crippen molar-refractivity contribution < 1.29 is 9.90 Å². The highest BCUT2D eigenvalue weighted by molar-refractivity contribution is 5.85. The number of rotatable bonds is 4. The molecule has 4 heteroatoms. The second kappa shape index (κ2) is 6.22. The zero-order valence-electron chi connectivity index (χ0n) is 8.22. The molecule has 0 heterocycles. The zero-order valence-corrected chi connectivity index (χ0v) is 9.04. The summed E-state index contributed by atoms with van der Waals surface area (Å²) in [6.07, 6.45) is 2.06. The van der Waals surface area contributed by atoms with Gasteiger partial charge in [0.05, 0.1) is 0 Å². The van der Waals surface area contributed by atoms with Crippen LogP contribution in [0.1, 0.15) is 11.1 Å². The third kappa shape index (κ3) is 4.14. The third-order valence-electron chi connectivity index (χ3n) is 1.96. The van der Waals surface area contributed by atoms with Crippen molar-refractivity contribution in [2.24, 2.45) is 5.73 Å². The Morgan fingerprint density at radius 2 is 2.27 bits per heavy atom. The average Bonchev–Trinajstić information content (AvgIpc) is 2.18. The van der Waals surface area contributed by atoms with Crippen LogP contribution in [-0.4, -0.2) is 17.1 Å². The Morgan fingerprint density at radius 3 is 2.80 bits per heavy atom.